The summed E-state index contributed by atoms with van der Waals surface area (Å²) in [5, 5.41) is 14.7. The van der Waals surface area contributed by atoms with E-state index in [4.69, 9.17) is 21.1 Å². The number of aromatic nitrogens is 4. The van der Waals surface area contributed by atoms with Gasteiger partial charge in [-0.3, -0.25) is 4.79 Å². The van der Waals surface area contributed by atoms with Crippen LogP contribution in [0.5, 0.6) is 11.5 Å². The van der Waals surface area contributed by atoms with Crippen molar-refractivity contribution in [1.29, 1.82) is 0 Å². The summed E-state index contributed by atoms with van der Waals surface area (Å²) >= 11 is 7.24. The van der Waals surface area contributed by atoms with Gasteiger partial charge in [-0.05, 0) is 10.4 Å². The minimum atomic E-state index is -0.226. The lowest BCUT2D eigenvalue weighted by Gasteiger charge is -2.12. The molecule has 0 spiro atoms. The van der Waals surface area contributed by atoms with Crippen LogP contribution in [0.15, 0.2) is 17.3 Å². The number of hydrogen-bond acceptors (Lipinski definition) is 7. The Morgan fingerprint density at radius 3 is 2.68 bits per heavy atom. The van der Waals surface area contributed by atoms with Gasteiger partial charge in [0.2, 0.25) is 11.1 Å². The van der Waals surface area contributed by atoms with Crippen molar-refractivity contribution in [2.45, 2.75) is 5.16 Å². The Morgan fingerprint density at radius 2 is 2.09 bits per heavy atom. The van der Waals surface area contributed by atoms with E-state index in [0.717, 1.165) is 0 Å². The van der Waals surface area contributed by atoms with Crippen LogP contribution >= 0.6 is 23.4 Å². The van der Waals surface area contributed by atoms with Crippen molar-refractivity contribution >= 4 is 35.0 Å². The third kappa shape index (κ3) is 3.80. The van der Waals surface area contributed by atoms with Crippen LogP contribution in [0.1, 0.15) is 0 Å². The molecular weight excluding hydrogens is 330 g/mol. The lowest BCUT2D eigenvalue weighted by Crippen LogP contribution is -2.15. The number of methoxy groups -OCH3 is 2. The Kier molecular flexibility index (Phi) is 5.45. The standard InChI is InChI=1S/C12H14ClN5O3S/c1-18-12(15-16-17-18)22-6-11(19)14-8-5-9(20-2)7(13)4-10(8)21-3/h4-5H,6H2,1-3H3,(H,14,19). The van der Waals surface area contributed by atoms with Crippen molar-refractivity contribution in [2.24, 2.45) is 7.05 Å². The summed E-state index contributed by atoms with van der Waals surface area (Å²) in [6.07, 6.45) is 0. The maximum atomic E-state index is 12.0. The summed E-state index contributed by atoms with van der Waals surface area (Å²) in [5.74, 6) is 0.825. The zero-order valence-electron chi connectivity index (χ0n) is 12.2. The number of carbonyl (C=O) groups excluding carboxylic acids is 1. The van der Waals surface area contributed by atoms with Crippen LogP contribution in [0.2, 0.25) is 5.02 Å². The zero-order valence-corrected chi connectivity index (χ0v) is 13.7. The zero-order chi connectivity index (χ0) is 16.1. The van der Waals surface area contributed by atoms with Crippen LogP contribution in [0, 0.1) is 0 Å². The van der Waals surface area contributed by atoms with Gasteiger partial charge in [0.1, 0.15) is 11.5 Å². The molecule has 0 atom stereocenters. The Hall–Kier alpha value is -2.00. The van der Waals surface area contributed by atoms with Gasteiger partial charge < -0.3 is 14.8 Å². The second kappa shape index (κ2) is 7.32. The van der Waals surface area contributed by atoms with E-state index in [1.807, 2.05) is 0 Å². The van der Waals surface area contributed by atoms with E-state index in [0.29, 0.717) is 27.4 Å². The van der Waals surface area contributed by atoms with Gasteiger partial charge in [-0.2, -0.15) is 0 Å². The predicted molar refractivity (Wildman–Crippen MR) is 82.7 cm³/mol. The van der Waals surface area contributed by atoms with E-state index in [2.05, 4.69) is 20.8 Å². The molecule has 0 aliphatic heterocycles. The van der Waals surface area contributed by atoms with Crippen LogP contribution < -0.4 is 14.8 Å². The van der Waals surface area contributed by atoms with Crippen molar-refractivity contribution in [3.05, 3.63) is 17.2 Å². The first-order chi connectivity index (χ1) is 10.5. The number of carbonyl (C=O) groups is 1. The summed E-state index contributed by atoms with van der Waals surface area (Å²) in [7, 11) is 4.69. The topological polar surface area (TPSA) is 91.2 Å². The normalized spacial score (nSPS) is 10.4. The van der Waals surface area contributed by atoms with E-state index >= 15 is 0 Å². The highest BCUT2D eigenvalue weighted by Crippen LogP contribution is 2.35. The largest absolute Gasteiger partial charge is 0.495 e. The quantitative estimate of drug-likeness (QED) is 0.797. The molecule has 0 aliphatic carbocycles. The van der Waals surface area contributed by atoms with Crippen molar-refractivity contribution in [3.63, 3.8) is 0 Å². The third-order valence-electron chi connectivity index (χ3n) is 2.66. The number of nitrogens with zero attached hydrogens (tertiary/aromatic N) is 4. The van der Waals surface area contributed by atoms with E-state index in [1.165, 1.54) is 30.7 Å². The molecule has 0 unspecified atom stereocenters. The first kappa shape index (κ1) is 16.4. The molecule has 1 aromatic heterocycles. The molecule has 10 heteroatoms. The van der Waals surface area contributed by atoms with Gasteiger partial charge >= 0.3 is 0 Å². The fourth-order valence-electron chi connectivity index (χ4n) is 1.62. The maximum absolute atomic E-state index is 12.0. The first-order valence-corrected chi connectivity index (χ1v) is 7.48. The molecule has 0 saturated carbocycles. The lowest BCUT2D eigenvalue weighted by molar-refractivity contribution is -0.113. The average Bonchev–Trinajstić information content (AvgIpc) is 2.91. The molecule has 118 valence electrons. The fraction of sp³-hybridized carbons (Fsp3) is 0.333. The van der Waals surface area contributed by atoms with Crippen molar-refractivity contribution < 1.29 is 14.3 Å². The SMILES string of the molecule is COc1cc(NC(=O)CSc2nnnn2C)c(OC)cc1Cl. The number of nitrogens with one attached hydrogen (secondary N) is 1. The van der Waals surface area contributed by atoms with Gasteiger partial charge in [0, 0.05) is 19.2 Å². The number of hydrogen-bond donors (Lipinski definition) is 1. The molecule has 0 aliphatic rings. The highest BCUT2D eigenvalue weighted by Gasteiger charge is 2.13. The first-order valence-electron chi connectivity index (χ1n) is 6.11. The number of aryl methyl sites for hydroxylation is 1. The molecule has 0 saturated heterocycles. The summed E-state index contributed by atoms with van der Waals surface area (Å²) in [5.41, 5.74) is 0.477. The number of tetrazole rings is 1. The molecule has 2 aromatic rings. The molecule has 2 rings (SSSR count). The van der Waals surface area contributed by atoms with Gasteiger partial charge in [-0.15, -0.1) is 5.10 Å². The van der Waals surface area contributed by atoms with Gasteiger partial charge in [0.05, 0.1) is 30.7 Å². The average molecular weight is 344 g/mol. The van der Waals surface area contributed by atoms with Gasteiger partial charge in [-0.1, -0.05) is 23.4 Å². The van der Waals surface area contributed by atoms with Gasteiger partial charge in [0.25, 0.3) is 0 Å². The predicted octanol–water partition coefficient (Wildman–Crippen LogP) is 1.61. The Morgan fingerprint density at radius 1 is 1.36 bits per heavy atom. The van der Waals surface area contributed by atoms with Crippen molar-refractivity contribution in [3.8, 4) is 11.5 Å². The fourth-order valence-corrected chi connectivity index (χ4v) is 2.50. The van der Waals surface area contributed by atoms with Crippen LogP contribution in [-0.2, 0) is 11.8 Å². The molecule has 0 radical (unpaired) electrons. The van der Waals surface area contributed by atoms with E-state index < -0.39 is 0 Å². The lowest BCUT2D eigenvalue weighted by atomic mass is 10.2. The number of thioether (sulfide) groups is 1. The monoisotopic (exact) mass is 343 g/mol. The van der Waals surface area contributed by atoms with Crippen LogP contribution in [0.4, 0.5) is 5.69 Å². The number of halogens is 1. The molecule has 1 amide bonds. The highest BCUT2D eigenvalue weighted by atomic mass is 35.5. The summed E-state index contributed by atoms with van der Waals surface area (Å²) in [6, 6.07) is 3.18. The summed E-state index contributed by atoms with van der Waals surface area (Å²) < 4.78 is 11.8. The number of benzene rings is 1. The molecule has 1 N–H and O–H groups in total. The minimum absolute atomic E-state index is 0.155. The molecule has 1 aromatic carbocycles. The Labute approximate surface area is 136 Å². The van der Waals surface area contributed by atoms with E-state index in [-0.39, 0.29) is 11.7 Å². The molecule has 8 nitrogen and oxygen atoms in total. The van der Waals surface area contributed by atoms with Crippen LogP contribution in [0.25, 0.3) is 0 Å². The second-order valence-electron chi connectivity index (χ2n) is 4.11. The highest BCUT2D eigenvalue weighted by molar-refractivity contribution is 7.99. The molecule has 0 fully saturated rings. The van der Waals surface area contributed by atoms with Crippen molar-refractivity contribution in [2.75, 3.05) is 25.3 Å². The molecule has 1 heterocycles. The smallest absolute Gasteiger partial charge is 0.234 e. The Bertz CT molecular complexity index is 679. The third-order valence-corrected chi connectivity index (χ3v) is 3.97. The summed E-state index contributed by atoms with van der Waals surface area (Å²) in [6.45, 7) is 0. The molecular formula is C12H14ClN5O3S. The van der Waals surface area contributed by atoms with Gasteiger partial charge in [-0.25, -0.2) is 4.68 Å². The van der Waals surface area contributed by atoms with E-state index in [9.17, 15) is 4.79 Å². The maximum Gasteiger partial charge on any atom is 0.234 e. The second-order valence-corrected chi connectivity index (χ2v) is 5.46. The van der Waals surface area contributed by atoms with E-state index in [1.54, 1.807) is 19.2 Å². The van der Waals surface area contributed by atoms with Crippen molar-refractivity contribution in [1.82, 2.24) is 20.2 Å². The minimum Gasteiger partial charge on any atom is -0.495 e. The summed E-state index contributed by atoms with van der Waals surface area (Å²) in [4.78, 5) is 12.0. The van der Waals surface area contributed by atoms with Crippen LogP contribution in [-0.4, -0.2) is 46.1 Å². The van der Waals surface area contributed by atoms with Gasteiger partial charge in [0.15, 0.2) is 0 Å². The molecule has 22 heavy (non-hydrogen) atoms. The number of anilines is 1. The number of amides is 1. The van der Waals surface area contributed by atoms with Crippen LogP contribution in [0.3, 0.4) is 0 Å². The molecule has 0 bridgehead atoms. The number of ether oxygens (including phenoxy) is 2. The number of rotatable bonds is 6. The Balaban J connectivity index is 2.06.